The van der Waals surface area contributed by atoms with Gasteiger partial charge in [-0.15, -0.1) is 0 Å². The average Bonchev–Trinajstić information content (AvgIpc) is 2.40. The minimum absolute atomic E-state index is 0.505. The summed E-state index contributed by atoms with van der Waals surface area (Å²) in [4.78, 5) is 4.43. The fourth-order valence-corrected chi connectivity index (χ4v) is 2.51. The van der Waals surface area contributed by atoms with Crippen molar-refractivity contribution in [3.8, 4) is 12.1 Å². The molecule has 0 N–H and O–H groups in total. The number of halogens is 1. The van der Waals surface area contributed by atoms with E-state index in [4.69, 9.17) is 10.5 Å². The first-order chi connectivity index (χ1) is 8.74. The van der Waals surface area contributed by atoms with Gasteiger partial charge in [0.25, 0.3) is 0 Å². The van der Waals surface area contributed by atoms with Crippen LogP contribution in [-0.4, -0.2) is 37.6 Å². The quantitative estimate of drug-likeness (QED) is 0.784. The first-order valence-electron chi connectivity index (χ1n) is 5.78. The number of benzene rings is 1. The number of anilines is 1. The van der Waals surface area contributed by atoms with Crippen molar-refractivity contribution in [2.24, 2.45) is 0 Å². The van der Waals surface area contributed by atoms with Gasteiger partial charge < -0.3 is 4.90 Å². The second-order valence-electron chi connectivity index (χ2n) is 4.20. The molecule has 0 aromatic heterocycles. The highest BCUT2D eigenvalue weighted by molar-refractivity contribution is 9.10. The highest BCUT2D eigenvalue weighted by Gasteiger charge is 2.17. The number of nitriles is 2. The van der Waals surface area contributed by atoms with Gasteiger partial charge in [-0.25, -0.2) is 0 Å². The van der Waals surface area contributed by atoms with Gasteiger partial charge in [0.1, 0.15) is 6.07 Å². The van der Waals surface area contributed by atoms with E-state index < -0.39 is 0 Å². The van der Waals surface area contributed by atoms with Gasteiger partial charge in [0.15, 0.2) is 0 Å². The van der Waals surface area contributed by atoms with Crippen LogP contribution in [0.15, 0.2) is 22.7 Å². The predicted molar refractivity (Wildman–Crippen MR) is 73.1 cm³/mol. The highest BCUT2D eigenvalue weighted by Crippen LogP contribution is 2.24. The van der Waals surface area contributed by atoms with Crippen LogP contribution in [0.4, 0.5) is 5.69 Å². The Bertz CT molecular complexity index is 507. The number of hydrogen-bond donors (Lipinski definition) is 0. The summed E-state index contributed by atoms with van der Waals surface area (Å²) in [6, 6.07) is 10.1. The minimum Gasteiger partial charge on any atom is -0.369 e. The first kappa shape index (κ1) is 12.9. The lowest BCUT2D eigenvalue weighted by atomic mass is 10.2. The summed E-state index contributed by atoms with van der Waals surface area (Å²) in [5.41, 5.74) is 1.78. The van der Waals surface area contributed by atoms with Crippen LogP contribution in [0.25, 0.3) is 0 Å². The van der Waals surface area contributed by atoms with Crippen molar-refractivity contribution in [3.63, 3.8) is 0 Å². The van der Waals surface area contributed by atoms with Crippen LogP contribution in [0.2, 0.25) is 0 Å². The Hall–Kier alpha value is -1.56. The predicted octanol–water partition coefficient (Wildman–Crippen LogP) is 1.97. The molecule has 0 aliphatic carbocycles. The van der Waals surface area contributed by atoms with Crippen molar-refractivity contribution in [2.45, 2.75) is 0 Å². The van der Waals surface area contributed by atoms with Gasteiger partial charge in [0.2, 0.25) is 0 Å². The Balaban J connectivity index is 2.04. The summed E-state index contributed by atoms with van der Waals surface area (Å²) in [5.74, 6) is 0. The number of rotatable bonds is 2. The van der Waals surface area contributed by atoms with Gasteiger partial charge in [0.05, 0.1) is 18.2 Å². The minimum atomic E-state index is 0.505. The molecular formula is C13H13BrN4. The van der Waals surface area contributed by atoms with Gasteiger partial charge in [-0.05, 0) is 34.1 Å². The van der Waals surface area contributed by atoms with Crippen LogP contribution in [0.5, 0.6) is 0 Å². The number of hydrogen-bond acceptors (Lipinski definition) is 4. The van der Waals surface area contributed by atoms with E-state index in [0.717, 1.165) is 36.3 Å². The molecule has 4 nitrogen and oxygen atoms in total. The molecule has 1 aliphatic heterocycles. The topological polar surface area (TPSA) is 54.1 Å². The van der Waals surface area contributed by atoms with Crippen LogP contribution in [0, 0.1) is 22.7 Å². The molecule has 1 aliphatic rings. The molecule has 0 saturated carbocycles. The standard InChI is InChI=1S/C13H13BrN4/c14-13-9-12(2-1-11(13)10-16)18-7-5-17(4-3-15)6-8-18/h1-2,9H,4-8H2. The van der Waals surface area contributed by atoms with Crippen molar-refractivity contribution in [1.29, 1.82) is 10.5 Å². The molecule has 18 heavy (non-hydrogen) atoms. The molecule has 0 radical (unpaired) electrons. The third-order valence-corrected chi connectivity index (χ3v) is 3.76. The van der Waals surface area contributed by atoms with E-state index in [-0.39, 0.29) is 0 Å². The highest BCUT2D eigenvalue weighted by atomic mass is 79.9. The summed E-state index contributed by atoms with van der Waals surface area (Å²) < 4.78 is 0.835. The van der Waals surface area contributed by atoms with Gasteiger partial charge in [-0.2, -0.15) is 10.5 Å². The molecule has 92 valence electrons. The van der Waals surface area contributed by atoms with E-state index in [0.29, 0.717) is 12.1 Å². The van der Waals surface area contributed by atoms with Crippen LogP contribution in [-0.2, 0) is 0 Å². The zero-order valence-electron chi connectivity index (χ0n) is 9.93. The van der Waals surface area contributed by atoms with E-state index in [1.54, 1.807) is 0 Å². The Kier molecular flexibility index (Phi) is 4.19. The SMILES string of the molecule is N#CCN1CCN(c2ccc(C#N)c(Br)c2)CC1. The molecule has 0 spiro atoms. The first-order valence-corrected chi connectivity index (χ1v) is 6.58. The third kappa shape index (κ3) is 2.81. The molecule has 1 saturated heterocycles. The molecule has 0 amide bonds. The van der Waals surface area contributed by atoms with Crippen molar-refractivity contribution < 1.29 is 0 Å². The second-order valence-corrected chi connectivity index (χ2v) is 5.05. The lowest BCUT2D eigenvalue weighted by Crippen LogP contribution is -2.46. The van der Waals surface area contributed by atoms with E-state index >= 15 is 0 Å². The van der Waals surface area contributed by atoms with E-state index in [9.17, 15) is 0 Å². The molecule has 2 rings (SSSR count). The molecule has 1 fully saturated rings. The molecule has 1 aromatic rings. The maximum absolute atomic E-state index is 8.88. The molecule has 0 atom stereocenters. The molecule has 1 heterocycles. The Morgan fingerprint density at radius 2 is 1.89 bits per heavy atom. The van der Waals surface area contributed by atoms with Crippen molar-refractivity contribution >= 4 is 21.6 Å². The molecule has 1 aromatic carbocycles. The summed E-state index contributed by atoms with van der Waals surface area (Å²) in [7, 11) is 0. The molecule has 5 heteroatoms. The normalized spacial score (nSPS) is 16.1. The largest absolute Gasteiger partial charge is 0.369 e. The van der Waals surface area contributed by atoms with Crippen LogP contribution >= 0.6 is 15.9 Å². The maximum atomic E-state index is 8.88. The Morgan fingerprint density at radius 1 is 1.17 bits per heavy atom. The van der Waals surface area contributed by atoms with Crippen LogP contribution in [0.1, 0.15) is 5.56 Å². The average molecular weight is 305 g/mol. The van der Waals surface area contributed by atoms with Crippen molar-refractivity contribution in [2.75, 3.05) is 37.6 Å². The van der Waals surface area contributed by atoms with E-state index in [1.165, 1.54) is 0 Å². The zero-order chi connectivity index (χ0) is 13.0. The molecular weight excluding hydrogens is 292 g/mol. The van der Waals surface area contributed by atoms with Crippen molar-refractivity contribution in [1.82, 2.24) is 4.90 Å². The monoisotopic (exact) mass is 304 g/mol. The van der Waals surface area contributed by atoms with Gasteiger partial charge in [-0.1, -0.05) is 0 Å². The third-order valence-electron chi connectivity index (χ3n) is 3.10. The van der Waals surface area contributed by atoms with Crippen LogP contribution in [0.3, 0.4) is 0 Å². The summed E-state index contributed by atoms with van der Waals surface area (Å²) in [6.45, 7) is 4.15. The second kappa shape index (κ2) is 5.86. The Morgan fingerprint density at radius 3 is 2.44 bits per heavy atom. The van der Waals surface area contributed by atoms with Gasteiger partial charge >= 0.3 is 0 Å². The smallest absolute Gasteiger partial charge is 0.100 e. The van der Waals surface area contributed by atoms with E-state index in [1.807, 2.05) is 18.2 Å². The van der Waals surface area contributed by atoms with E-state index in [2.05, 4.69) is 37.9 Å². The molecule has 0 bridgehead atoms. The maximum Gasteiger partial charge on any atom is 0.100 e. The number of nitrogens with zero attached hydrogens (tertiary/aromatic N) is 4. The Labute approximate surface area is 115 Å². The van der Waals surface area contributed by atoms with Gasteiger partial charge in [0, 0.05) is 36.3 Å². The zero-order valence-corrected chi connectivity index (χ0v) is 11.5. The fourth-order valence-electron chi connectivity index (χ4n) is 2.06. The lowest BCUT2D eigenvalue weighted by Gasteiger charge is -2.35. The summed E-state index contributed by atoms with van der Waals surface area (Å²) in [6.07, 6.45) is 0. The summed E-state index contributed by atoms with van der Waals surface area (Å²) in [5, 5.41) is 17.5. The van der Waals surface area contributed by atoms with Crippen molar-refractivity contribution in [3.05, 3.63) is 28.2 Å². The fraction of sp³-hybridized carbons (Fsp3) is 0.385. The summed E-state index contributed by atoms with van der Waals surface area (Å²) >= 11 is 3.41. The lowest BCUT2D eigenvalue weighted by molar-refractivity contribution is 0.287. The van der Waals surface area contributed by atoms with Gasteiger partial charge in [-0.3, -0.25) is 4.90 Å². The molecule has 0 unspecified atom stereocenters. The van der Waals surface area contributed by atoms with Crippen LogP contribution < -0.4 is 4.90 Å². The number of piperazine rings is 1.